The lowest BCUT2D eigenvalue weighted by atomic mass is 10.1. The number of amides is 2. The Kier molecular flexibility index (Phi) is 7.04. The van der Waals surface area contributed by atoms with Crippen molar-refractivity contribution in [2.45, 2.75) is 36.5 Å². The van der Waals surface area contributed by atoms with Crippen LogP contribution in [0.15, 0.2) is 53.9 Å². The molecule has 2 amide bonds. The van der Waals surface area contributed by atoms with Crippen molar-refractivity contribution in [1.29, 1.82) is 0 Å². The Labute approximate surface area is 214 Å². The van der Waals surface area contributed by atoms with Gasteiger partial charge in [0.15, 0.2) is 5.65 Å². The summed E-state index contributed by atoms with van der Waals surface area (Å²) in [5.74, 6) is -0.478. The van der Waals surface area contributed by atoms with Crippen molar-refractivity contribution in [3.05, 3.63) is 54.6 Å². The molecule has 1 saturated heterocycles. The fourth-order valence-corrected chi connectivity index (χ4v) is 5.38. The van der Waals surface area contributed by atoms with Crippen molar-refractivity contribution in [3.8, 4) is 17.0 Å². The minimum absolute atomic E-state index is 0.0623. The fourth-order valence-electron chi connectivity index (χ4n) is 4.21. The average Bonchev–Trinajstić information content (AvgIpc) is 3.52. The highest BCUT2D eigenvalue weighted by molar-refractivity contribution is 8.00. The summed E-state index contributed by atoms with van der Waals surface area (Å²) in [5.41, 5.74) is 1.47. The number of hydrogen-bond acceptors (Lipinski definition) is 7. The summed E-state index contributed by atoms with van der Waals surface area (Å²) in [6, 6.07) is 6.61. The first-order valence-electron chi connectivity index (χ1n) is 11.5. The molecule has 0 bridgehead atoms. The number of benzene rings is 1. The number of H-pyrrole nitrogens is 1. The molecule has 0 spiro atoms. The molecule has 10 nitrogen and oxygen atoms in total. The van der Waals surface area contributed by atoms with Crippen molar-refractivity contribution < 1.29 is 23.1 Å². The number of carbonyl (C=O) groups excluding carboxylic acids is 2. The Morgan fingerprint density at radius 3 is 2.84 bits per heavy atom. The van der Waals surface area contributed by atoms with Gasteiger partial charge in [-0.1, -0.05) is 0 Å². The van der Waals surface area contributed by atoms with Gasteiger partial charge in [0.25, 0.3) is 5.91 Å². The van der Waals surface area contributed by atoms with Gasteiger partial charge < -0.3 is 15.0 Å². The number of aromatic amines is 1. The van der Waals surface area contributed by atoms with Crippen LogP contribution in [-0.2, 0) is 4.79 Å². The zero-order valence-electron chi connectivity index (χ0n) is 19.7. The van der Waals surface area contributed by atoms with Crippen LogP contribution in [0.5, 0.6) is 5.75 Å². The van der Waals surface area contributed by atoms with Crippen LogP contribution in [0.3, 0.4) is 0 Å². The van der Waals surface area contributed by atoms with Crippen LogP contribution in [0.2, 0.25) is 0 Å². The molecular weight excluding hydrogens is 504 g/mol. The van der Waals surface area contributed by atoms with E-state index in [1.807, 2.05) is 4.90 Å². The summed E-state index contributed by atoms with van der Waals surface area (Å²) in [4.78, 5) is 31.5. The van der Waals surface area contributed by atoms with E-state index < -0.39 is 12.5 Å². The minimum atomic E-state index is -3.03. The first-order chi connectivity index (χ1) is 17.9. The van der Waals surface area contributed by atoms with Gasteiger partial charge in [0.1, 0.15) is 17.0 Å². The Bertz CT molecular complexity index is 1430. The summed E-state index contributed by atoms with van der Waals surface area (Å²) in [7, 11) is 0. The number of anilines is 1. The van der Waals surface area contributed by atoms with E-state index in [2.05, 4.69) is 25.6 Å². The van der Waals surface area contributed by atoms with Crippen LogP contribution in [-0.4, -0.2) is 66.5 Å². The number of rotatable bonds is 7. The molecule has 1 aliphatic heterocycles. The van der Waals surface area contributed by atoms with Crippen LogP contribution in [0, 0.1) is 0 Å². The van der Waals surface area contributed by atoms with E-state index in [0.29, 0.717) is 24.3 Å². The predicted octanol–water partition coefficient (Wildman–Crippen LogP) is 4.08. The molecule has 37 heavy (non-hydrogen) atoms. The predicted molar refractivity (Wildman–Crippen MR) is 133 cm³/mol. The number of ether oxygens (including phenoxy) is 1. The third-order valence-corrected chi connectivity index (χ3v) is 7.36. The number of halogens is 2. The standard InChI is InChI=1S/C24H23F2N7O3S/c1-14(34)32-9-5-15(6-10-32)37-16-3-4-20(36-24(25)26)17(11-16)21-19(13-28-31-21)30-23(35)18-12-29-33-8-2-7-27-22(18)33/h2-4,7-8,11-13,15,24H,5-6,9-10H2,1H3,(H,28,31)(H,30,35). The maximum Gasteiger partial charge on any atom is 0.387 e. The molecule has 0 saturated carbocycles. The number of carbonyl (C=O) groups is 2. The van der Waals surface area contributed by atoms with Gasteiger partial charge in [-0.25, -0.2) is 9.50 Å². The van der Waals surface area contributed by atoms with Gasteiger partial charge in [-0.2, -0.15) is 19.0 Å². The number of hydrogen-bond donors (Lipinski definition) is 2. The smallest absolute Gasteiger partial charge is 0.387 e. The molecule has 4 aromatic rings. The van der Waals surface area contributed by atoms with Crippen LogP contribution in [0.4, 0.5) is 14.5 Å². The van der Waals surface area contributed by atoms with Crippen molar-refractivity contribution in [2.24, 2.45) is 0 Å². The van der Waals surface area contributed by atoms with Crippen molar-refractivity contribution in [1.82, 2.24) is 29.7 Å². The molecule has 13 heteroatoms. The highest BCUT2D eigenvalue weighted by Gasteiger charge is 2.24. The van der Waals surface area contributed by atoms with E-state index in [4.69, 9.17) is 4.74 Å². The summed E-state index contributed by atoms with van der Waals surface area (Å²) < 4.78 is 32.6. The second-order valence-corrected chi connectivity index (χ2v) is 9.78. The molecule has 4 heterocycles. The number of likely N-dealkylation sites (tertiary alicyclic amines) is 1. The molecule has 0 atom stereocenters. The van der Waals surface area contributed by atoms with Gasteiger partial charge in [0.2, 0.25) is 5.91 Å². The van der Waals surface area contributed by atoms with E-state index in [0.717, 1.165) is 17.7 Å². The number of thioether (sulfide) groups is 1. The maximum absolute atomic E-state index is 13.2. The minimum Gasteiger partial charge on any atom is -0.434 e. The van der Waals surface area contributed by atoms with Crippen LogP contribution >= 0.6 is 11.8 Å². The van der Waals surface area contributed by atoms with E-state index in [-0.39, 0.29) is 33.9 Å². The first kappa shape index (κ1) is 24.7. The molecule has 1 fully saturated rings. The zero-order chi connectivity index (χ0) is 25.9. The molecular formula is C24H23F2N7O3S. The third-order valence-electron chi connectivity index (χ3n) is 6.02. The molecule has 1 aliphatic rings. The Morgan fingerprint density at radius 1 is 1.27 bits per heavy atom. The second kappa shape index (κ2) is 10.5. The third kappa shape index (κ3) is 5.40. The normalized spacial score (nSPS) is 14.3. The summed E-state index contributed by atoms with van der Waals surface area (Å²) >= 11 is 1.61. The second-order valence-electron chi connectivity index (χ2n) is 8.41. The highest BCUT2D eigenvalue weighted by Crippen LogP contribution is 2.39. The Morgan fingerprint density at radius 2 is 2.08 bits per heavy atom. The highest BCUT2D eigenvalue weighted by atomic mass is 32.2. The number of nitrogens with zero attached hydrogens (tertiary/aromatic N) is 5. The van der Waals surface area contributed by atoms with Gasteiger partial charge in [-0.3, -0.25) is 14.7 Å². The van der Waals surface area contributed by atoms with Crippen LogP contribution in [0.1, 0.15) is 30.1 Å². The molecule has 0 radical (unpaired) electrons. The van der Waals surface area contributed by atoms with Crippen molar-refractivity contribution >= 4 is 34.9 Å². The number of alkyl halides is 2. The average molecular weight is 528 g/mol. The molecule has 2 N–H and O–H groups in total. The molecule has 3 aromatic heterocycles. The van der Waals surface area contributed by atoms with Crippen molar-refractivity contribution in [3.63, 3.8) is 0 Å². The molecule has 5 rings (SSSR count). The van der Waals surface area contributed by atoms with E-state index in [1.54, 1.807) is 49.3 Å². The molecule has 0 aliphatic carbocycles. The quantitative estimate of drug-likeness (QED) is 0.372. The maximum atomic E-state index is 13.2. The topological polar surface area (TPSA) is 118 Å². The lowest BCUT2D eigenvalue weighted by Crippen LogP contribution is -2.37. The summed E-state index contributed by atoms with van der Waals surface area (Å²) in [6.45, 7) is -0.107. The largest absolute Gasteiger partial charge is 0.434 e. The van der Waals surface area contributed by atoms with Gasteiger partial charge in [-0.05, 0) is 37.1 Å². The van der Waals surface area contributed by atoms with Gasteiger partial charge in [-0.15, -0.1) is 11.8 Å². The van der Waals surface area contributed by atoms with Gasteiger partial charge in [0, 0.05) is 54.3 Å². The first-order valence-corrected chi connectivity index (χ1v) is 12.4. The van der Waals surface area contributed by atoms with E-state index in [9.17, 15) is 18.4 Å². The van der Waals surface area contributed by atoms with Crippen molar-refractivity contribution in [2.75, 3.05) is 18.4 Å². The molecule has 192 valence electrons. The SMILES string of the molecule is CC(=O)N1CCC(Sc2ccc(OC(F)F)c(-c3n[nH]cc3NC(=O)c3cnn4cccnc34)c2)CC1. The monoisotopic (exact) mass is 527 g/mol. The van der Waals surface area contributed by atoms with E-state index in [1.165, 1.54) is 23.0 Å². The Balaban J connectivity index is 1.40. The van der Waals surface area contributed by atoms with E-state index >= 15 is 0 Å². The van der Waals surface area contributed by atoms with Gasteiger partial charge >= 0.3 is 6.61 Å². The number of nitrogens with one attached hydrogen (secondary N) is 2. The summed E-state index contributed by atoms with van der Waals surface area (Å²) in [5, 5.41) is 14.1. The number of fused-ring (bicyclic) bond motifs is 1. The Hall–Kier alpha value is -4.00. The molecule has 1 aromatic carbocycles. The lowest BCUT2D eigenvalue weighted by Gasteiger charge is -2.31. The lowest BCUT2D eigenvalue weighted by molar-refractivity contribution is -0.129. The zero-order valence-corrected chi connectivity index (χ0v) is 20.5. The number of aromatic nitrogens is 5. The summed E-state index contributed by atoms with van der Waals surface area (Å²) in [6.07, 6.45) is 7.74. The van der Waals surface area contributed by atoms with Crippen LogP contribution < -0.4 is 10.1 Å². The number of piperidine rings is 1. The molecule has 0 unspecified atom stereocenters. The van der Waals surface area contributed by atoms with Gasteiger partial charge in [0.05, 0.1) is 11.9 Å². The van der Waals surface area contributed by atoms with Crippen LogP contribution in [0.25, 0.3) is 16.9 Å². The fraction of sp³-hybridized carbons (Fsp3) is 0.292.